The number of rotatable bonds is 2. The van der Waals surface area contributed by atoms with Gasteiger partial charge >= 0.3 is 0 Å². The average Bonchev–Trinajstić information content (AvgIpc) is 2.62. The van der Waals surface area contributed by atoms with Crippen molar-refractivity contribution < 1.29 is 9.15 Å². The molecule has 0 aliphatic rings. The summed E-state index contributed by atoms with van der Waals surface area (Å²) in [5.74, 6) is 0.728. The van der Waals surface area contributed by atoms with E-state index in [4.69, 9.17) is 14.9 Å². The third kappa shape index (κ3) is 1.70. The minimum atomic E-state index is -0.376. The molecule has 0 radical (unpaired) electrons. The van der Waals surface area contributed by atoms with E-state index in [0.717, 1.165) is 22.3 Å². The molecular weight excluding hydrogens is 190 g/mol. The Morgan fingerprint density at radius 2 is 2.07 bits per heavy atom. The first-order chi connectivity index (χ1) is 7.02. The first-order valence-electron chi connectivity index (χ1n) is 4.87. The van der Waals surface area contributed by atoms with Crippen LogP contribution in [0.15, 0.2) is 28.9 Å². The van der Waals surface area contributed by atoms with E-state index in [1.807, 2.05) is 32.0 Å². The minimum Gasteiger partial charge on any atom is -0.493 e. The summed E-state index contributed by atoms with van der Waals surface area (Å²) >= 11 is 0. The Labute approximate surface area is 88.8 Å². The molecule has 80 valence electrons. The second-order valence-corrected chi connectivity index (χ2v) is 4.24. The highest BCUT2D eigenvalue weighted by molar-refractivity contribution is 5.84. The summed E-state index contributed by atoms with van der Waals surface area (Å²) in [5.41, 5.74) is 7.48. The molecule has 0 saturated carbocycles. The fourth-order valence-corrected chi connectivity index (χ4v) is 1.57. The zero-order valence-electron chi connectivity index (χ0n) is 9.20. The predicted molar refractivity (Wildman–Crippen MR) is 60.0 cm³/mol. The van der Waals surface area contributed by atoms with E-state index in [0.29, 0.717) is 0 Å². The lowest BCUT2D eigenvalue weighted by Crippen LogP contribution is -2.28. The number of benzene rings is 1. The van der Waals surface area contributed by atoms with Gasteiger partial charge in [0.1, 0.15) is 0 Å². The molecule has 3 nitrogen and oxygen atoms in total. The van der Waals surface area contributed by atoms with Gasteiger partial charge in [-0.3, -0.25) is 0 Å². The zero-order valence-corrected chi connectivity index (χ0v) is 9.20. The molecular formula is C12H15NO2. The summed E-state index contributed by atoms with van der Waals surface area (Å²) in [5, 5.41) is 1.02. The van der Waals surface area contributed by atoms with Crippen molar-refractivity contribution in [1.82, 2.24) is 0 Å². The number of hydrogen-bond donors (Lipinski definition) is 1. The molecule has 2 aromatic rings. The third-order valence-corrected chi connectivity index (χ3v) is 2.48. The number of methoxy groups -OCH3 is 1. The molecule has 1 heterocycles. The molecule has 0 fully saturated rings. The molecule has 3 heteroatoms. The van der Waals surface area contributed by atoms with Crippen LogP contribution in [0.3, 0.4) is 0 Å². The Balaban J connectivity index is 2.69. The van der Waals surface area contributed by atoms with Crippen LogP contribution in [-0.2, 0) is 5.54 Å². The fourth-order valence-electron chi connectivity index (χ4n) is 1.57. The minimum absolute atomic E-state index is 0.376. The Bertz CT molecular complexity index is 480. The highest BCUT2D eigenvalue weighted by Gasteiger charge is 2.17. The summed E-state index contributed by atoms with van der Waals surface area (Å²) in [6.07, 6.45) is 1.65. The monoisotopic (exact) mass is 205 g/mol. The molecule has 0 bridgehead atoms. The molecule has 0 aliphatic carbocycles. The highest BCUT2D eigenvalue weighted by atomic mass is 16.5. The van der Waals surface area contributed by atoms with Crippen molar-refractivity contribution in [2.24, 2.45) is 5.73 Å². The second-order valence-electron chi connectivity index (χ2n) is 4.24. The van der Waals surface area contributed by atoms with Gasteiger partial charge < -0.3 is 14.9 Å². The van der Waals surface area contributed by atoms with Gasteiger partial charge in [0.2, 0.25) is 0 Å². The molecule has 0 aliphatic heterocycles. The van der Waals surface area contributed by atoms with Gasteiger partial charge in [-0.25, -0.2) is 0 Å². The van der Waals surface area contributed by atoms with E-state index in [2.05, 4.69) is 0 Å². The van der Waals surface area contributed by atoms with Crippen LogP contribution in [0.25, 0.3) is 11.0 Å². The van der Waals surface area contributed by atoms with E-state index in [1.165, 1.54) is 0 Å². The maximum absolute atomic E-state index is 6.05. The van der Waals surface area contributed by atoms with Crippen LogP contribution in [0.4, 0.5) is 0 Å². The smallest absolute Gasteiger partial charge is 0.175 e. The van der Waals surface area contributed by atoms with E-state index < -0.39 is 0 Å². The van der Waals surface area contributed by atoms with Crippen LogP contribution in [0.1, 0.15) is 19.4 Å². The zero-order chi connectivity index (χ0) is 11.1. The Kier molecular flexibility index (Phi) is 2.20. The van der Waals surface area contributed by atoms with Crippen LogP contribution in [-0.4, -0.2) is 7.11 Å². The van der Waals surface area contributed by atoms with Crippen LogP contribution in [0, 0.1) is 0 Å². The number of furan rings is 1. The van der Waals surface area contributed by atoms with Crippen molar-refractivity contribution >= 4 is 11.0 Å². The van der Waals surface area contributed by atoms with Crippen LogP contribution >= 0.6 is 0 Å². The fraction of sp³-hybridized carbons (Fsp3) is 0.333. The van der Waals surface area contributed by atoms with E-state index >= 15 is 0 Å². The first-order valence-corrected chi connectivity index (χ1v) is 4.87. The molecule has 2 rings (SSSR count). The van der Waals surface area contributed by atoms with Gasteiger partial charge in [-0.05, 0) is 37.6 Å². The maximum Gasteiger partial charge on any atom is 0.175 e. The van der Waals surface area contributed by atoms with Crippen LogP contribution < -0.4 is 10.5 Å². The summed E-state index contributed by atoms with van der Waals surface area (Å²) in [4.78, 5) is 0. The summed E-state index contributed by atoms with van der Waals surface area (Å²) in [7, 11) is 1.63. The standard InChI is InChI=1S/C12H15NO2/c1-12(2,13)9-6-8-4-5-15-11(8)10(7-9)14-3/h4-7H,13H2,1-3H3. The second kappa shape index (κ2) is 3.28. The summed E-state index contributed by atoms with van der Waals surface area (Å²) in [6.45, 7) is 3.93. The third-order valence-electron chi connectivity index (χ3n) is 2.48. The molecule has 1 aromatic carbocycles. The molecule has 15 heavy (non-hydrogen) atoms. The van der Waals surface area contributed by atoms with Gasteiger partial charge in [-0.2, -0.15) is 0 Å². The van der Waals surface area contributed by atoms with Gasteiger partial charge in [0.05, 0.1) is 13.4 Å². The predicted octanol–water partition coefficient (Wildman–Crippen LogP) is 2.64. The lowest BCUT2D eigenvalue weighted by Gasteiger charge is -2.19. The number of nitrogens with two attached hydrogens (primary N) is 1. The lowest BCUT2D eigenvalue weighted by atomic mass is 9.94. The van der Waals surface area contributed by atoms with Crippen molar-refractivity contribution in [1.29, 1.82) is 0 Å². The number of fused-ring (bicyclic) bond motifs is 1. The highest BCUT2D eigenvalue weighted by Crippen LogP contribution is 2.31. The number of ether oxygens (including phenoxy) is 1. The summed E-state index contributed by atoms with van der Waals surface area (Å²) in [6, 6.07) is 5.86. The molecule has 0 spiro atoms. The van der Waals surface area contributed by atoms with Gasteiger partial charge in [-0.15, -0.1) is 0 Å². The van der Waals surface area contributed by atoms with Gasteiger partial charge in [0.15, 0.2) is 11.3 Å². The topological polar surface area (TPSA) is 48.4 Å². The van der Waals surface area contributed by atoms with Gasteiger partial charge in [0.25, 0.3) is 0 Å². The van der Waals surface area contributed by atoms with E-state index in [9.17, 15) is 0 Å². The Hall–Kier alpha value is -1.48. The van der Waals surface area contributed by atoms with Crippen LogP contribution in [0.2, 0.25) is 0 Å². The van der Waals surface area contributed by atoms with E-state index in [-0.39, 0.29) is 5.54 Å². The van der Waals surface area contributed by atoms with Crippen LogP contribution in [0.5, 0.6) is 5.75 Å². The normalized spacial score (nSPS) is 12.0. The van der Waals surface area contributed by atoms with E-state index in [1.54, 1.807) is 13.4 Å². The van der Waals surface area contributed by atoms with Crippen molar-refractivity contribution in [3.05, 3.63) is 30.0 Å². The lowest BCUT2D eigenvalue weighted by molar-refractivity contribution is 0.408. The molecule has 0 saturated heterocycles. The molecule has 1 aromatic heterocycles. The Morgan fingerprint density at radius 1 is 1.33 bits per heavy atom. The Morgan fingerprint density at radius 3 is 2.67 bits per heavy atom. The van der Waals surface area contributed by atoms with Gasteiger partial charge in [-0.1, -0.05) is 0 Å². The molecule has 2 N–H and O–H groups in total. The number of hydrogen-bond acceptors (Lipinski definition) is 3. The van der Waals surface area contributed by atoms with Crippen molar-refractivity contribution in [3.63, 3.8) is 0 Å². The quantitative estimate of drug-likeness (QED) is 0.819. The van der Waals surface area contributed by atoms with Crippen molar-refractivity contribution in [2.75, 3.05) is 7.11 Å². The first kappa shape index (κ1) is 10.1. The van der Waals surface area contributed by atoms with Crippen molar-refractivity contribution in [3.8, 4) is 5.75 Å². The van der Waals surface area contributed by atoms with Crippen molar-refractivity contribution in [2.45, 2.75) is 19.4 Å². The molecule has 0 unspecified atom stereocenters. The molecule has 0 atom stereocenters. The average molecular weight is 205 g/mol. The largest absolute Gasteiger partial charge is 0.493 e. The molecule has 0 amide bonds. The SMILES string of the molecule is COc1cc(C(C)(C)N)cc2ccoc12. The maximum atomic E-state index is 6.05. The van der Waals surface area contributed by atoms with Gasteiger partial charge in [0, 0.05) is 10.9 Å². The summed E-state index contributed by atoms with van der Waals surface area (Å²) < 4.78 is 10.6.